The fraction of sp³-hybridized carbons (Fsp3) is 0.500. The van der Waals surface area contributed by atoms with Gasteiger partial charge in [0, 0.05) is 6.04 Å². The minimum absolute atomic E-state index is 0.304. The van der Waals surface area contributed by atoms with Crippen LogP contribution in [0.3, 0.4) is 0 Å². The van der Waals surface area contributed by atoms with E-state index in [9.17, 15) is 0 Å². The maximum Gasteiger partial charge on any atom is 0.138 e. The molecule has 1 N–H and O–H groups in total. The fourth-order valence-corrected chi connectivity index (χ4v) is 1.79. The average molecular weight is 228 g/mol. The lowest BCUT2D eigenvalue weighted by molar-refractivity contribution is 0.340. The van der Waals surface area contributed by atoms with Crippen LogP contribution in [0.5, 0.6) is 5.75 Å². The molecule has 0 radical (unpaired) electrons. The summed E-state index contributed by atoms with van der Waals surface area (Å²) in [6, 6.07) is 4.27. The largest absolute Gasteiger partial charge is 0.492 e. The van der Waals surface area contributed by atoms with Gasteiger partial charge in [-0.2, -0.15) is 0 Å². The van der Waals surface area contributed by atoms with Crippen molar-refractivity contribution in [3.05, 3.63) is 28.3 Å². The number of benzene rings is 1. The van der Waals surface area contributed by atoms with Crippen LogP contribution < -0.4 is 10.1 Å². The van der Waals surface area contributed by atoms with E-state index in [0.717, 1.165) is 5.75 Å². The predicted molar refractivity (Wildman–Crippen MR) is 64.8 cm³/mol. The first kappa shape index (κ1) is 12.3. The molecule has 3 heteroatoms. The highest BCUT2D eigenvalue weighted by Gasteiger charge is 2.10. The molecule has 0 saturated heterocycles. The molecular weight excluding hydrogens is 210 g/mol. The maximum atomic E-state index is 6.13. The van der Waals surface area contributed by atoms with Crippen molar-refractivity contribution in [3.63, 3.8) is 0 Å². The van der Waals surface area contributed by atoms with Crippen LogP contribution in [0.15, 0.2) is 12.1 Å². The van der Waals surface area contributed by atoms with Crippen LogP contribution in [0.25, 0.3) is 0 Å². The van der Waals surface area contributed by atoms with Crippen LogP contribution in [-0.2, 0) is 0 Å². The van der Waals surface area contributed by atoms with Gasteiger partial charge in [-0.25, -0.2) is 0 Å². The minimum Gasteiger partial charge on any atom is -0.492 e. The van der Waals surface area contributed by atoms with Crippen LogP contribution in [0.1, 0.15) is 31.0 Å². The number of nitrogens with one attached hydrogen (secondary N) is 1. The molecule has 84 valence electrons. The fourth-order valence-electron chi connectivity index (χ4n) is 1.56. The van der Waals surface area contributed by atoms with E-state index in [1.54, 1.807) is 0 Å². The Bertz CT molecular complexity index is 339. The van der Waals surface area contributed by atoms with Crippen molar-refractivity contribution in [3.8, 4) is 5.75 Å². The summed E-state index contributed by atoms with van der Waals surface area (Å²) in [6.07, 6.45) is 0. The summed E-state index contributed by atoms with van der Waals surface area (Å²) in [4.78, 5) is 0. The lowest BCUT2D eigenvalue weighted by Crippen LogP contribution is -2.13. The monoisotopic (exact) mass is 227 g/mol. The SMILES string of the molecule is CCOc1cc(C)c(C(C)NC)cc1Cl. The van der Waals surface area contributed by atoms with Crippen molar-refractivity contribution in [1.82, 2.24) is 5.32 Å². The predicted octanol–water partition coefficient (Wildman–Crippen LogP) is 3.33. The molecule has 0 aliphatic carbocycles. The number of hydrogen-bond donors (Lipinski definition) is 1. The summed E-state index contributed by atoms with van der Waals surface area (Å²) in [5, 5.41) is 3.88. The van der Waals surface area contributed by atoms with Crippen LogP contribution in [0, 0.1) is 6.92 Å². The molecule has 1 aromatic rings. The second-order valence-corrected chi connectivity index (χ2v) is 3.99. The van der Waals surface area contributed by atoms with E-state index < -0.39 is 0 Å². The standard InChI is InChI=1S/C12H18ClNO/c1-5-15-12-6-8(2)10(7-11(12)13)9(3)14-4/h6-7,9,14H,5H2,1-4H3. The van der Waals surface area contributed by atoms with Crippen LogP contribution in [0.2, 0.25) is 5.02 Å². The third-order valence-electron chi connectivity index (χ3n) is 2.52. The van der Waals surface area contributed by atoms with Gasteiger partial charge in [-0.05, 0) is 51.1 Å². The molecule has 1 aromatic carbocycles. The summed E-state index contributed by atoms with van der Waals surface area (Å²) in [5.41, 5.74) is 2.41. The normalized spacial score (nSPS) is 12.6. The molecule has 2 nitrogen and oxygen atoms in total. The Labute approximate surface area is 96.6 Å². The number of aryl methyl sites for hydroxylation is 1. The Morgan fingerprint density at radius 2 is 2.13 bits per heavy atom. The molecule has 0 fully saturated rings. The second-order valence-electron chi connectivity index (χ2n) is 3.58. The van der Waals surface area contributed by atoms with Gasteiger partial charge >= 0.3 is 0 Å². The van der Waals surface area contributed by atoms with Crippen molar-refractivity contribution in [2.24, 2.45) is 0 Å². The summed E-state index contributed by atoms with van der Waals surface area (Å²) in [5.74, 6) is 0.767. The van der Waals surface area contributed by atoms with Gasteiger partial charge in [-0.1, -0.05) is 11.6 Å². The molecule has 0 aliphatic heterocycles. The van der Waals surface area contributed by atoms with E-state index in [2.05, 4.69) is 19.2 Å². The van der Waals surface area contributed by atoms with Crippen molar-refractivity contribution in [2.45, 2.75) is 26.8 Å². The molecule has 15 heavy (non-hydrogen) atoms. The topological polar surface area (TPSA) is 21.3 Å². The van der Waals surface area contributed by atoms with E-state index >= 15 is 0 Å². The van der Waals surface area contributed by atoms with Crippen molar-refractivity contribution < 1.29 is 4.74 Å². The number of rotatable bonds is 4. The molecule has 1 rings (SSSR count). The summed E-state index contributed by atoms with van der Waals surface area (Å²) >= 11 is 6.13. The lowest BCUT2D eigenvalue weighted by atomic mass is 10.0. The van der Waals surface area contributed by atoms with Crippen LogP contribution in [0.4, 0.5) is 0 Å². The van der Waals surface area contributed by atoms with Gasteiger partial charge in [0.25, 0.3) is 0 Å². The molecule has 0 bridgehead atoms. The number of halogens is 1. The smallest absolute Gasteiger partial charge is 0.138 e. The highest BCUT2D eigenvalue weighted by molar-refractivity contribution is 6.32. The Hall–Kier alpha value is -0.730. The first-order chi connectivity index (χ1) is 7.10. The molecule has 1 atom stereocenters. The molecule has 0 aromatic heterocycles. The second kappa shape index (κ2) is 5.38. The zero-order valence-corrected chi connectivity index (χ0v) is 10.5. The third kappa shape index (κ3) is 2.86. The first-order valence-corrected chi connectivity index (χ1v) is 5.58. The zero-order chi connectivity index (χ0) is 11.4. The van der Waals surface area contributed by atoms with E-state index in [1.807, 2.05) is 26.1 Å². The molecule has 0 spiro atoms. The van der Waals surface area contributed by atoms with Gasteiger partial charge in [0.05, 0.1) is 11.6 Å². The van der Waals surface area contributed by atoms with Gasteiger partial charge in [-0.3, -0.25) is 0 Å². The van der Waals surface area contributed by atoms with Gasteiger partial charge < -0.3 is 10.1 Å². The van der Waals surface area contributed by atoms with Crippen molar-refractivity contribution in [2.75, 3.05) is 13.7 Å². The molecule has 0 amide bonds. The highest BCUT2D eigenvalue weighted by Crippen LogP contribution is 2.30. The van der Waals surface area contributed by atoms with E-state index in [0.29, 0.717) is 17.7 Å². The molecule has 0 aliphatic rings. The quantitative estimate of drug-likeness (QED) is 0.852. The van der Waals surface area contributed by atoms with Crippen LogP contribution in [-0.4, -0.2) is 13.7 Å². The zero-order valence-electron chi connectivity index (χ0n) is 9.73. The number of hydrogen-bond acceptors (Lipinski definition) is 2. The van der Waals surface area contributed by atoms with E-state index in [-0.39, 0.29) is 0 Å². The highest BCUT2D eigenvalue weighted by atomic mass is 35.5. The molecule has 0 saturated carbocycles. The van der Waals surface area contributed by atoms with E-state index in [1.165, 1.54) is 11.1 Å². The van der Waals surface area contributed by atoms with Crippen molar-refractivity contribution in [1.29, 1.82) is 0 Å². The Morgan fingerprint density at radius 3 is 2.67 bits per heavy atom. The molecule has 1 unspecified atom stereocenters. The van der Waals surface area contributed by atoms with Gasteiger partial charge in [0.15, 0.2) is 0 Å². The van der Waals surface area contributed by atoms with Crippen LogP contribution >= 0.6 is 11.6 Å². The summed E-state index contributed by atoms with van der Waals surface area (Å²) < 4.78 is 5.43. The molecular formula is C12H18ClNO. The molecule has 0 heterocycles. The summed E-state index contributed by atoms with van der Waals surface area (Å²) in [7, 11) is 1.94. The Balaban J connectivity index is 3.07. The Kier molecular flexibility index (Phi) is 4.43. The van der Waals surface area contributed by atoms with Gasteiger partial charge in [0.1, 0.15) is 5.75 Å². The Morgan fingerprint density at radius 1 is 1.47 bits per heavy atom. The number of ether oxygens (including phenoxy) is 1. The first-order valence-electron chi connectivity index (χ1n) is 5.20. The average Bonchev–Trinajstić information content (AvgIpc) is 2.22. The van der Waals surface area contributed by atoms with Crippen molar-refractivity contribution >= 4 is 11.6 Å². The third-order valence-corrected chi connectivity index (χ3v) is 2.82. The summed E-state index contributed by atoms with van der Waals surface area (Å²) in [6.45, 7) is 6.77. The maximum absolute atomic E-state index is 6.13. The van der Waals surface area contributed by atoms with Gasteiger partial charge in [-0.15, -0.1) is 0 Å². The minimum atomic E-state index is 0.304. The lowest BCUT2D eigenvalue weighted by Gasteiger charge is -2.16. The van der Waals surface area contributed by atoms with Gasteiger partial charge in [0.2, 0.25) is 0 Å². The van der Waals surface area contributed by atoms with E-state index in [4.69, 9.17) is 16.3 Å².